The van der Waals surface area contributed by atoms with Crippen LogP contribution in [-0.4, -0.2) is 35.0 Å². The summed E-state index contributed by atoms with van der Waals surface area (Å²) in [7, 11) is 0. The number of ether oxygens (including phenoxy) is 1. The van der Waals surface area contributed by atoms with Crippen LogP contribution in [-0.2, 0) is 6.54 Å². The number of hydrogen-bond acceptors (Lipinski definition) is 4. The summed E-state index contributed by atoms with van der Waals surface area (Å²) in [6, 6.07) is 10.1. The summed E-state index contributed by atoms with van der Waals surface area (Å²) in [6.07, 6.45) is 7.50. The molecular formula is C21H28FIN4OS. The highest BCUT2D eigenvalue weighted by Gasteiger charge is 2.24. The molecule has 1 fully saturated rings. The predicted molar refractivity (Wildman–Crippen MR) is 129 cm³/mol. The molecule has 158 valence electrons. The van der Waals surface area contributed by atoms with E-state index in [1.54, 1.807) is 18.3 Å². The summed E-state index contributed by atoms with van der Waals surface area (Å²) in [5.41, 5.74) is 0.998. The van der Waals surface area contributed by atoms with Crippen molar-refractivity contribution in [2.24, 2.45) is 4.99 Å². The lowest BCUT2D eigenvalue weighted by Gasteiger charge is -2.17. The highest BCUT2D eigenvalue weighted by Crippen LogP contribution is 2.28. The standard InChI is InChI=1S/C21H27FN4OS.HI/c1-3-23-21(26-17-6-9-19(13-17)28-2)25-14-15-10-11-24-20(12-15)27-18-7-4-16(22)5-8-18;/h4-5,7-8,10-12,17,19H,3,6,9,13-14H2,1-2H3,(H2,23,25,26);1H. The Balaban J connectivity index is 0.00000300. The monoisotopic (exact) mass is 530 g/mol. The Bertz CT molecular complexity index is 791. The third kappa shape index (κ3) is 7.65. The minimum atomic E-state index is -0.294. The van der Waals surface area contributed by atoms with Crippen molar-refractivity contribution in [1.29, 1.82) is 0 Å². The van der Waals surface area contributed by atoms with Crippen molar-refractivity contribution in [3.8, 4) is 11.6 Å². The third-order valence-corrected chi connectivity index (χ3v) is 5.75. The maximum Gasteiger partial charge on any atom is 0.219 e. The van der Waals surface area contributed by atoms with Gasteiger partial charge in [-0.2, -0.15) is 11.8 Å². The minimum absolute atomic E-state index is 0. The van der Waals surface area contributed by atoms with Crippen molar-refractivity contribution in [1.82, 2.24) is 15.6 Å². The Morgan fingerprint density at radius 1 is 1.28 bits per heavy atom. The maximum atomic E-state index is 13.0. The molecule has 1 aliphatic rings. The Labute approximate surface area is 193 Å². The molecule has 0 spiro atoms. The smallest absolute Gasteiger partial charge is 0.219 e. The van der Waals surface area contributed by atoms with Crippen LogP contribution in [0, 0.1) is 5.82 Å². The van der Waals surface area contributed by atoms with Crippen LogP contribution in [0.5, 0.6) is 11.6 Å². The Hall–Kier alpha value is -1.55. The number of hydrogen-bond donors (Lipinski definition) is 2. The maximum absolute atomic E-state index is 13.0. The second-order valence-corrected chi connectivity index (χ2v) is 7.90. The zero-order valence-electron chi connectivity index (χ0n) is 16.7. The first-order valence-corrected chi connectivity index (χ1v) is 10.9. The lowest BCUT2D eigenvalue weighted by atomic mass is 10.2. The number of nitrogens with one attached hydrogen (secondary N) is 2. The van der Waals surface area contributed by atoms with Crippen LogP contribution in [0.25, 0.3) is 0 Å². The number of aromatic nitrogens is 1. The van der Waals surface area contributed by atoms with Crippen molar-refractivity contribution in [3.05, 3.63) is 54.0 Å². The topological polar surface area (TPSA) is 58.5 Å². The highest BCUT2D eigenvalue weighted by atomic mass is 127. The fraction of sp³-hybridized carbons (Fsp3) is 0.429. The van der Waals surface area contributed by atoms with Gasteiger partial charge in [0.15, 0.2) is 5.96 Å². The molecule has 0 radical (unpaired) electrons. The molecule has 1 aliphatic carbocycles. The molecule has 29 heavy (non-hydrogen) atoms. The number of thioether (sulfide) groups is 1. The van der Waals surface area contributed by atoms with Crippen LogP contribution in [0.4, 0.5) is 4.39 Å². The molecule has 2 N–H and O–H groups in total. The average molecular weight is 530 g/mol. The van der Waals surface area contributed by atoms with E-state index in [-0.39, 0.29) is 29.8 Å². The Morgan fingerprint density at radius 2 is 2.07 bits per heavy atom. The van der Waals surface area contributed by atoms with E-state index in [1.165, 1.54) is 31.4 Å². The molecule has 3 rings (SSSR count). The van der Waals surface area contributed by atoms with E-state index < -0.39 is 0 Å². The molecule has 2 unspecified atom stereocenters. The summed E-state index contributed by atoms with van der Waals surface area (Å²) < 4.78 is 18.7. The van der Waals surface area contributed by atoms with Crippen molar-refractivity contribution in [3.63, 3.8) is 0 Å². The number of aliphatic imine (C=N–C) groups is 1. The van der Waals surface area contributed by atoms with Gasteiger partial charge in [0, 0.05) is 30.1 Å². The van der Waals surface area contributed by atoms with Crippen molar-refractivity contribution in [2.45, 2.75) is 44.0 Å². The van der Waals surface area contributed by atoms with Gasteiger partial charge in [0.2, 0.25) is 5.88 Å². The number of pyridine rings is 1. The van der Waals surface area contributed by atoms with E-state index >= 15 is 0 Å². The molecule has 1 aromatic heterocycles. The van der Waals surface area contributed by atoms with Crippen LogP contribution in [0.2, 0.25) is 0 Å². The molecule has 2 atom stereocenters. The molecular weight excluding hydrogens is 502 g/mol. The summed E-state index contributed by atoms with van der Waals surface area (Å²) in [6.45, 7) is 3.41. The Kier molecular flexibility index (Phi) is 9.99. The number of benzene rings is 1. The molecule has 1 heterocycles. The lowest BCUT2D eigenvalue weighted by Crippen LogP contribution is -2.42. The second kappa shape index (κ2) is 12.2. The summed E-state index contributed by atoms with van der Waals surface area (Å²) in [5, 5.41) is 7.62. The third-order valence-electron chi connectivity index (χ3n) is 4.66. The molecule has 5 nitrogen and oxygen atoms in total. The zero-order valence-corrected chi connectivity index (χ0v) is 19.9. The molecule has 2 aromatic rings. The number of halogens is 2. The van der Waals surface area contributed by atoms with Gasteiger partial charge in [-0.1, -0.05) is 0 Å². The lowest BCUT2D eigenvalue weighted by molar-refractivity contribution is 0.460. The first-order chi connectivity index (χ1) is 13.7. The van der Waals surface area contributed by atoms with Crippen LogP contribution in [0.1, 0.15) is 31.7 Å². The van der Waals surface area contributed by atoms with Crippen molar-refractivity contribution in [2.75, 3.05) is 12.8 Å². The van der Waals surface area contributed by atoms with Crippen molar-refractivity contribution >= 4 is 41.7 Å². The number of guanidine groups is 1. The minimum Gasteiger partial charge on any atom is -0.439 e. The first kappa shape index (κ1) is 23.7. The summed E-state index contributed by atoms with van der Waals surface area (Å²) in [5.74, 6) is 1.56. The average Bonchev–Trinajstić information content (AvgIpc) is 3.16. The molecule has 0 saturated heterocycles. The van der Waals surface area contributed by atoms with Gasteiger partial charge in [-0.3, -0.25) is 0 Å². The van der Waals surface area contributed by atoms with Crippen LogP contribution >= 0.6 is 35.7 Å². The van der Waals surface area contributed by atoms with Crippen LogP contribution in [0.15, 0.2) is 47.6 Å². The molecule has 1 aromatic carbocycles. The van der Waals surface area contributed by atoms with Crippen molar-refractivity contribution < 1.29 is 9.13 Å². The van der Waals surface area contributed by atoms with Gasteiger partial charge in [0.05, 0.1) is 6.54 Å². The van der Waals surface area contributed by atoms with E-state index in [4.69, 9.17) is 9.73 Å². The highest BCUT2D eigenvalue weighted by molar-refractivity contribution is 14.0. The van der Waals surface area contributed by atoms with Gasteiger partial charge >= 0.3 is 0 Å². The fourth-order valence-corrected chi connectivity index (χ4v) is 3.99. The SMILES string of the molecule is CCNC(=NCc1ccnc(Oc2ccc(F)cc2)c1)NC1CCC(SC)C1.I. The molecule has 8 heteroatoms. The van der Waals surface area contributed by atoms with E-state index in [1.807, 2.05) is 23.9 Å². The quantitative estimate of drug-likeness (QED) is 0.301. The normalized spacial score (nSPS) is 18.8. The molecule has 0 bridgehead atoms. The second-order valence-electron chi connectivity index (χ2n) is 6.77. The van der Waals surface area contributed by atoms with E-state index in [9.17, 15) is 4.39 Å². The number of rotatable bonds is 7. The van der Waals surface area contributed by atoms with Gasteiger partial charge in [0.25, 0.3) is 0 Å². The number of nitrogens with zero attached hydrogens (tertiary/aromatic N) is 2. The van der Waals surface area contributed by atoms with Crippen LogP contribution in [0.3, 0.4) is 0 Å². The molecule has 0 amide bonds. The van der Waals surface area contributed by atoms with Gasteiger partial charge in [0.1, 0.15) is 11.6 Å². The Morgan fingerprint density at radius 3 is 2.76 bits per heavy atom. The predicted octanol–water partition coefficient (Wildman–Crippen LogP) is 4.97. The fourth-order valence-electron chi connectivity index (χ4n) is 3.20. The van der Waals surface area contributed by atoms with E-state index in [2.05, 4.69) is 28.8 Å². The van der Waals surface area contributed by atoms with E-state index in [0.29, 0.717) is 24.2 Å². The van der Waals surface area contributed by atoms with Crippen LogP contribution < -0.4 is 15.4 Å². The van der Waals surface area contributed by atoms with E-state index in [0.717, 1.165) is 23.3 Å². The van der Waals surface area contributed by atoms with Gasteiger partial charge in [-0.25, -0.2) is 14.4 Å². The van der Waals surface area contributed by atoms with Gasteiger partial charge in [-0.05, 0) is 68.3 Å². The summed E-state index contributed by atoms with van der Waals surface area (Å²) >= 11 is 1.95. The molecule has 0 aliphatic heterocycles. The zero-order chi connectivity index (χ0) is 19.8. The van der Waals surface area contributed by atoms with Gasteiger partial charge < -0.3 is 15.4 Å². The molecule has 1 saturated carbocycles. The van der Waals surface area contributed by atoms with Gasteiger partial charge in [-0.15, -0.1) is 24.0 Å². The first-order valence-electron chi connectivity index (χ1n) is 9.62. The summed E-state index contributed by atoms with van der Waals surface area (Å²) in [4.78, 5) is 8.94. The largest absolute Gasteiger partial charge is 0.439 e.